The Kier molecular flexibility index (Phi) is 6.73. The number of hydrogen-bond acceptors (Lipinski definition) is 6. The molecule has 0 aliphatic rings. The third-order valence-electron chi connectivity index (χ3n) is 6.42. The van der Waals surface area contributed by atoms with E-state index in [1.54, 1.807) is 30.1 Å². The van der Waals surface area contributed by atoms with Crippen molar-refractivity contribution in [1.29, 1.82) is 0 Å². The monoisotopic (exact) mass is 526 g/mol. The molecule has 2 amide bonds. The molecule has 0 spiro atoms. The molecule has 38 heavy (non-hydrogen) atoms. The van der Waals surface area contributed by atoms with Gasteiger partial charge >= 0.3 is 0 Å². The van der Waals surface area contributed by atoms with Crippen molar-refractivity contribution in [2.45, 2.75) is 32.2 Å². The number of anilines is 1. The van der Waals surface area contributed by atoms with E-state index >= 15 is 0 Å². The molecule has 4 N–H and O–H groups in total. The largest absolute Gasteiger partial charge is 0.343 e. The molecule has 0 bridgehead atoms. The van der Waals surface area contributed by atoms with Gasteiger partial charge in [0.2, 0.25) is 0 Å². The summed E-state index contributed by atoms with van der Waals surface area (Å²) in [5.41, 5.74) is 9.94. The SMILES string of the molecule is Cn1ccc(C(=O)Nc2cccc([C@H](CN)NC(=O)c3cc4cc5cc(C(C)(C)C)ccc5nc4s3)c2)n1. The molecule has 0 aliphatic heterocycles. The van der Waals surface area contributed by atoms with Crippen molar-refractivity contribution in [3.05, 3.63) is 88.6 Å². The number of aromatic nitrogens is 3. The van der Waals surface area contributed by atoms with E-state index in [1.165, 1.54) is 16.9 Å². The van der Waals surface area contributed by atoms with Gasteiger partial charge in [-0.15, -0.1) is 11.3 Å². The Morgan fingerprint density at radius 1 is 1.03 bits per heavy atom. The quantitative estimate of drug-likeness (QED) is 0.283. The zero-order valence-electron chi connectivity index (χ0n) is 21.8. The van der Waals surface area contributed by atoms with Crippen molar-refractivity contribution in [3.8, 4) is 0 Å². The van der Waals surface area contributed by atoms with Crippen LogP contribution in [0.25, 0.3) is 21.1 Å². The van der Waals surface area contributed by atoms with E-state index < -0.39 is 6.04 Å². The van der Waals surface area contributed by atoms with E-state index in [9.17, 15) is 9.59 Å². The molecule has 1 atom stereocenters. The van der Waals surface area contributed by atoms with Crippen LogP contribution in [0.2, 0.25) is 0 Å². The molecule has 3 heterocycles. The van der Waals surface area contributed by atoms with Crippen molar-refractivity contribution in [2.75, 3.05) is 11.9 Å². The predicted molar refractivity (Wildman–Crippen MR) is 153 cm³/mol. The van der Waals surface area contributed by atoms with Gasteiger partial charge < -0.3 is 16.4 Å². The van der Waals surface area contributed by atoms with Crippen LogP contribution >= 0.6 is 11.3 Å². The summed E-state index contributed by atoms with van der Waals surface area (Å²) < 4.78 is 1.57. The fraction of sp³-hybridized carbons (Fsp3) is 0.241. The number of nitrogens with zero attached hydrogens (tertiary/aromatic N) is 3. The molecule has 0 radical (unpaired) electrons. The van der Waals surface area contributed by atoms with Crippen LogP contribution in [-0.2, 0) is 12.5 Å². The summed E-state index contributed by atoms with van der Waals surface area (Å²) in [5, 5.41) is 12.0. The van der Waals surface area contributed by atoms with E-state index in [4.69, 9.17) is 10.7 Å². The minimum Gasteiger partial charge on any atom is -0.343 e. The fourth-order valence-corrected chi connectivity index (χ4v) is 5.21. The first-order chi connectivity index (χ1) is 18.1. The number of benzene rings is 2. The number of carbonyl (C=O) groups is 2. The molecule has 0 saturated carbocycles. The van der Waals surface area contributed by atoms with Crippen LogP contribution in [-0.4, -0.2) is 33.1 Å². The number of carbonyl (C=O) groups excluding carboxylic acids is 2. The maximum absolute atomic E-state index is 13.2. The van der Waals surface area contributed by atoms with Crippen LogP contribution in [0.15, 0.2) is 66.9 Å². The first-order valence-corrected chi connectivity index (χ1v) is 13.2. The Labute approximate surface area is 224 Å². The molecular weight excluding hydrogens is 496 g/mol. The summed E-state index contributed by atoms with van der Waals surface area (Å²) in [6.45, 7) is 6.76. The molecule has 5 rings (SSSR count). The van der Waals surface area contributed by atoms with Crippen LogP contribution in [0.5, 0.6) is 0 Å². The van der Waals surface area contributed by atoms with E-state index in [1.807, 2.05) is 30.3 Å². The van der Waals surface area contributed by atoms with Crippen molar-refractivity contribution in [1.82, 2.24) is 20.1 Å². The first-order valence-electron chi connectivity index (χ1n) is 12.4. The summed E-state index contributed by atoms with van der Waals surface area (Å²) in [5.74, 6) is -0.526. The van der Waals surface area contributed by atoms with Gasteiger partial charge in [0.25, 0.3) is 11.8 Å². The Hall–Kier alpha value is -4.08. The van der Waals surface area contributed by atoms with Gasteiger partial charge in [-0.1, -0.05) is 39.0 Å². The van der Waals surface area contributed by atoms with Gasteiger partial charge in [-0.2, -0.15) is 5.10 Å². The second-order valence-corrected chi connectivity index (χ2v) is 11.4. The fourth-order valence-electron chi connectivity index (χ4n) is 4.29. The predicted octanol–water partition coefficient (Wildman–Crippen LogP) is 5.16. The lowest BCUT2D eigenvalue weighted by Gasteiger charge is -2.19. The molecule has 5 aromatic rings. The van der Waals surface area contributed by atoms with Gasteiger partial charge in [0, 0.05) is 36.2 Å². The molecule has 0 saturated heterocycles. The second kappa shape index (κ2) is 10.00. The van der Waals surface area contributed by atoms with Crippen molar-refractivity contribution in [2.24, 2.45) is 12.8 Å². The average molecular weight is 527 g/mol. The summed E-state index contributed by atoms with van der Waals surface area (Å²) in [6.07, 6.45) is 1.71. The highest BCUT2D eigenvalue weighted by atomic mass is 32.1. The van der Waals surface area contributed by atoms with Crippen LogP contribution in [0.3, 0.4) is 0 Å². The normalized spacial score (nSPS) is 12.6. The van der Waals surface area contributed by atoms with E-state index in [0.29, 0.717) is 16.3 Å². The lowest BCUT2D eigenvalue weighted by molar-refractivity contribution is 0.0941. The maximum atomic E-state index is 13.2. The highest BCUT2D eigenvalue weighted by Gasteiger charge is 2.19. The topological polar surface area (TPSA) is 115 Å². The molecule has 2 aromatic carbocycles. The molecule has 0 unspecified atom stereocenters. The Balaban J connectivity index is 1.35. The van der Waals surface area contributed by atoms with Gasteiger partial charge in [-0.3, -0.25) is 14.3 Å². The first kappa shape index (κ1) is 25.6. The van der Waals surface area contributed by atoms with Gasteiger partial charge in [0.15, 0.2) is 5.69 Å². The molecular formula is C29H30N6O2S. The number of fused-ring (bicyclic) bond motifs is 2. The van der Waals surface area contributed by atoms with E-state index in [2.05, 4.69) is 54.7 Å². The second-order valence-electron chi connectivity index (χ2n) is 10.4. The van der Waals surface area contributed by atoms with Crippen LogP contribution in [0.1, 0.15) is 58.1 Å². The molecule has 0 aliphatic carbocycles. The standard InChI is InChI=1S/C29H30N6O2S/c1-29(2,3)20-8-9-22-18(13-20)12-19-15-25(38-28(19)33-22)27(37)32-24(16-30)17-6-5-7-21(14-17)31-26(36)23-10-11-35(4)34-23/h5-15,24H,16,30H2,1-4H3,(H,31,36)(H,32,37)/t24-/m0/s1. The maximum Gasteiger partial charge on any atom is 0.276 e. The molecule has 0 fully saturated rings. The minimum atomic E-state index is -0.430. The Bertz CT molecular complexity index is 1660. The number of aryl methyl sites for hydroxylation is 1. The Morgan fingerprint density at radius 2 is 1.84 bits per heavy atom. The van der Waals surface area contributed by atoms with E-state index in [0.717, 1.165) is 26.7 Å². The van der Waals surface area contributed by atoms with Crippen molar-refractivity contribution < 1.29 is 9.59 Å². The summed E-state index contributed by atoms with van der Waals surface area (Å²) >= 11 is 1.36. The molecule has 8 nitrogen and oxygen atoms in total. The van der Waals surface area contributed by atoms with E-state index in [-0.39, 0.29) is 23.8 Å². The third kappa shape index (κ3) is 5.29. The number of amides is 2. The van der Waals surface area contributed by atoms with Crippen LogP contribution in [0, 0.1) is 0 Å². The minimum absolute atomic E-state index is 0.0403. The number of nitrogens with one attached hydrogen (secondary N) is 2. The lowest BCUT2D eigenvalue weighted by atomic mass is 9.86. The van der Waals surface area contributed by atoms with Gasteiger partial charge in [-0.25, -0.2) is 4.98 Å². The van der Waals surface area contributed by atoms with Gasteiger partial charge in [0.1, 0.15) is 4.83 Å². The molecule has 194 valence electrons. The summed E-state index contributed by atoms with van der Waals surface area (Å²) in [4.78, 5) is 31.9. The molecule has 3 aromatic heterocycles. The summed E-state index contributed by atoms with van der Waals surface area (Å²) in [6, 6.07) is 18.8. The number of pyridine rings is 1. The van der Waals surface area contributed by atoms with Crippen LogP contribution in [0.4, 0.5) is 5.69 Å². The zero-order valence-corrected chi connectivity index (χ0v) is 22.6. The third-order valence-corrected chi connectivity index (χ3v) is 7.47. The lowest BCUT2D eigenvalue weighted by Crippen LogP contribution is -2.33. The number of nitrogens with two attached hydrogens (primary N) is 1. The van der Waals surface area contributed by atoms with Crippen LogP contribution < -0.4 is 16.4 Å². The number of hydrogen-bond donors (Lipinski definition) is 3. The smallest absolute Gasteiger partial charge is 0.276 e. The average Bonchev–Trinajstić information content (AvgIpc) is 3.51. The highest BCUT2D eigenvalue weighted by Crippen LogP contribution is 2.31. The highest BCUT2D eigenvalue weighted by molar-refractivity contribution is 7.20. The number of rotatable bonds is 6. The zero-order chi connectivity index (χ0) is 27.0. The molecule has 9 heteroatoms. The van der Waals surface area contributed by atoms with Crippen molar-refractivity contribution >= 4 is 50.0 Å². The number of thiophene rings is 1. The Morgan fingerprint density at radius 3 is 2.55 bits per heavy atom. The van der Waals surface area contributed by atoms with Gasteiger partial charge in [-0.05, 0) is 59.0 Å². The summed E-state index contributed by atoms with van der Waals surface area (Å²) in [7, 11) is 1.75. The van der Waals surface area contributed by atoms with Gasteiger partial charge in [0.05, 0.1) is 16.4 Å². The van der Waals surface area contributed by atoms with Crippen molar-refractivity contribution in [3.63, 3.8) is 0 Å².